The molecule has 0 radical (unpaired) electrons. The number of nitrogens with one attached hydrogen (secondary N) is 1. The van der Waals surface area contributed by atoms with Gasteiger partial charge in [0.05, 0.1) is 30.6 Å². The molecule has 0 bridgehead atoms. The molecule has 1 aromatic carbocycles. The Morgan fingerprint density at radius 3 is 2.59 bits per heavy atom. The molecule has 3 unspecified atom stereocenters. The number of Topliss-reactive ketones (excluding diaryl/α,β-unsaturated/α-hetero) is 1. The summed E-state index contributed by atoms with van der Waals surface area (Å²) in [6.07, 6.45) is 11.0. The lowest BCUT2D eigenvalue weighted by Crippen LogP contribution is -2.60. The van der Waals surface area contributed by atoms with E-state index in [0.29, 0.717) is 31.2 Å². The second-order valence-electron chi connectivity index (χ2n) is 9.00. The summed E-state index contributed by atoms with van der Waals surface area (Å²) in [6.45, 7) is 5.95. The zero-order valence-electron chi connectivity index (χ0n) is 22.5. The van der Waals surface area contributed by atoms with Crippen LogP contribution in [0.3, 0.4) is 0 Å². The van der Waals surface area contributed by atoms with Crippen molar-refractivity contribution in [3.63, 3.8) is 0 Å². The summed E-state index contributed by atoms with van der Waals surface area (Å²) >= 11 is 0. The first kappa shape index (κ1) is 29.7. The molecule has 200 valence electrons. The number of rotatable bonds is 15. The predicted octanol–water partition coefficient (Wildman–Crippen LogP) is 2.32. The molecule has 2 rings (SSSR count). The van der Waals surface area contributed by atoms with Crippen LogP contribution in [-0.2, 0) is 9.53 Å². The second kappa shape index (κ2) is 14.3. The van der Waals surface area contributed by atoms with Crippen LogP contribution >= 0.6 is 0 Å². The number of aliphatic hydroxyl groups is 1. The number of hydrazine groups is 1. The van der Waals surface area contributed by atoms with Crippen molar-refractivity contribution in [2.45, 2.75) is 44.7 Å². The Hall–Kier alpha value is -3.52. The first-order valence-electron chi connectivity index (χ1n) is 12.1. The number of aliphatic hydroxyl groups excluding tert-OH is 1. The smallest absolute Gasteiger partial charge is 0.159 e. The molecule has 1 heterocycles. The van der Waals surface area contributed by atoms with Gasteiger partial charge in [0.15, 0.2) is 17.4 Å². The summed E-state index contributed by atoms with van der Waals surface area (Å²) in [5, 5.41) is 17.4. The highest BCUT2D eigenvalue weighted by molar-refractivity contribution is 5.87. The predicted molar refractivity (Wildman–Crippen MR) is 144 cm³/mol. The number of aromatic nitrogens is 2. The van der Waals surface area contributed by atoms with Gasteiger partial charge in [0.1, 0.15) is 6.61 Å². The molecule has 0 aliphatic rings. The van der Waals surface area contributed by atoms with Gasteiger partial charge in [-0.1, -0.05) is 24.6 Å². The third-order valence-corrected chi connectivity index (χ3v) is 5.99. The minimum Gasteiger partial charge on any atom is -0.488 e. The van der Waals surface area contributed by atoms with E-state index in [1.807, 2.05) is 45.3 Å². The van der Waals surface area contributed by atoms with E-state index in [-0.39, 0.29) is 18.4 Å². The summed E-state index contributed by atoms with van der Waals surface area (Å²) in [7, 11) is 5.23. The SMILES string of the molecule is C#CN(NC(C)(C(C)=O)C(CCO)c1cccc(-c2ncc(OCCOC)cn2)c1)C(C)C=NN(C)C. The van der Waals surface area contributed by atoms with Crippen LogP contribution in [0.5, 0.6) is 5.75 Å². The Kier molecular flexibility index (Phi) is 11.5. The number of nitrogens with zero attached hydrogens (tertiary/aromatic N) is 5. The lowest BCUT2D eigenvalue weighted by atomic mass is 9.76. The number of ether oxygens (including phenoxy) is 2. The van der Waals surface area contributed by atoms with E-state index in [0.717, 1.165) is 11.1 Å². The number of ketones is 1. The minimum absolute atomic E-state index is 0.114. The molecule has 0 amide bonds. The maximum absolute atomic E-state index is 13.1. The Bertz CT molecular complexity index is 1070. The molecule has 2 N–H and O–H groups in total. The molecule has 10 nitrogen and oxygen atoms in total. The van der Waals surface area contributed by atoms with Gasteiger partial charge in [-0.15, -0.1) is 0 Å². The van der Waals surface area contributed by atoms with Crippen LogP contribution in [-0.4, -0.2) is 89.7 Å². The summed E-state index contributed by atoms with van der Waals surface area (Å²) in [5.74, 6) is 0.535. The number of hydrazone groups is 1. The fourth-order valence-corrected chi connectivity index (χ4v) is 3.80. The van der Waals surface area contributed by atoms with Crippen molar-refractivity contribution >= 4 is 12.0 Å². The van der Waals surface area contributed by atoms with Crippen molar-refractivity contribution in [3.8, 4) is 29.6 Å². The molecule has 0 spiro atoms. The zero-order valence-corrected chi connectivity index (χ0v) is 22.5. The molecule has 0 aliphatic heterocycles. The Balaban J connectivity index is 2.38. The first-order chi connectivity index (χ1) is 17.7. The van der Waals surface area contributed by atoms with Crippen LogP contribution in [0.1, 0.15) is 38.7 Å². The highest BCUT2D eigenvalue weighted by Crippen LogP contribution is 2.34. The standard InChI is InChI=1S/C27H38N6O4/c1-8-33(20(2)17-30-32(5)6)31-27(4,21(3)35)25(12-13-34)22-10-9-11-23(16-22)26-28-18-24(19-29-26)37-15-14-36-7/h1,9-11,16-20,25,31,34H,12-15H2,2-7H3. The van der Waals surface area contributed by atoms with Gasteiger partial charge < -0.3 is 19.6 Å². The molecule has 10 heteroatoms. The average Bonchev–Trinajstić information content (AvgIpc) is 2.89. The van der Waals surface area contributed by atoms with Gasteiger partial charge in [0.2, 0.25) is 0 Å². The normalized spacial score (nSPS) is 14.4. The molecular weight excluding hydrogens is 472 g/mol. The Morgan fingerprint density at radius 1 is 1.32 bits per heavy atom. The van der Waals surface area contributed by atoms with Crippen LogP contribution in [0.4, 0.5) is 0 Å². The third kappa shape index (κ3) is 8.25. The van der Waals surface area contributed by atoms with Gasteiger partial charge in [0.25, 0.3) is 0 Å². The molecule has 0 aliphatic carbocycles. The molecule has 0 saturated carbocycles. The maximum Gasteiger partial charge on any atom is 0.159 e. The fourth-order valence-electron chi connectivity index (χ4n) is 3.80. The lowest BCUT2D eigenvalue weighted by molar-refractivity contribution is -0.125. The van der Waals surface area contributed by atoms with E-state index in [1.54, 1.807) is 37.7 Å². The van der Waals surface area contributed by atoms with Crippen molar-refractivity contribution in [1.82, 2.24) is 25.4 Å². The fraction of sp³-hybridized carbons (Fsp3) is 0.481. The van der Waals surface area contributed by atoms with Crippen LogP contribution in [0.25, 0.3) is 11.4 Å². The van der Waals surface area contributed by atoms with Gasteiger partial charge in [0, 0.05) is 51.6 Å². The number of benzene rings is 1. The molecule has 2 aromatic rings. The van der Waals surface area contributed by atoms with Crippen LogP contribution in [0, 0.1) is 12.5 Å². The number of carbonyl (C=O) groups excluding carboxylic acids is 1. The number of carbonyl (C=O) groups is 1. The highest BCUT2D eigenvalue weighted by atomic mass is 16.5. The zero-order chi connectivity index (χ0) is 27.4. The van der Waals surface area contributed by atoms with E-state index in [2.05, 4.69) is 26.5 Å². The highest BCUT2D eigenvalue weighted by Gasteiger charge is 2.41. The Labute approximate surface area is 219 Å². The lowest BCUT2D eigenvalue weighted by Gasteiger charge is -2.41. The molecular formula is C27H38N6O4. The topological polar surface area (TPSA) is 112 Å². The number of hydrogen-bond acceptors (Lipinski definition) is 10. The summed E-state index contributed by atoms with van der Waals surface area (Å²) in [5.41, 5.74) is 3.74. The minimum atomic E-state index is -1.12. The van der Waals surface area contributed by atoms with Gasteiger partial charge in [-0.05, 0) is 38.8 Å². The molecule has 0 fully saturated rings. The molecule has 3 atom stereocenters. The van der Waals surface area contributed by atoms with Crippen molar-refractivity contribution < 1.29 is 19.4 Å². The quantitative estimate of drug-likeness (QED) is 0.123. The van der Waals surface area contributed by atoms with Crippen molar-refractivity contribution in [3.05, 3.63) is 42.2 Å². The number of methoxy groups -OCH3 is 1. The Morgan fingerprint density at radius 2 is 2.03 bits per heavy atom. The van der Waals surface area contributed by atoms with E-state index in [4.69, 9.17) is 15.9 Å². The molecule has 37 heavy (non-hydrogen) atoms. The first-order valence-corrected chi connectivity index (χ1v) is 12.1. The number of terminal acetylenes is 1. The average molecular weight is 511 g/mol. The number of hydrogen-bond donors (Lipinski definition) is 2. The second-order valence-corrected chi connectivity index (χ2v) is 9.00. The van der Waals surface area contributed by atoms with Crippen LogP contribution < -0.4 is 10.2 Å². The monoisotopic (exact) mass is 510 g/mol. The van der Waals surface area contributed by atoms with Crippen LogP contribution in [0.15, 0.2) is 41.8 Å². The summed E-state index contributed by atoms with van der Waals surface area (Å²) < 4.78 is 10.5. The van der Waals surface area contributed by atoms with Gasteiger partial charge in [-0.2, -0.15) is 5.10 Å². The largest absolute Gasteiger partial charge is 0.488 e. The molecule has 1 aromatic heterocycles. The molecule has 0 saturated heterocycles. The van der Waals surface area contributed by atoms with Crippen molar-refractivity contribution in [2.24, 2.45) is 5.10 Å². The maximum atomic E-state index is 13.1. The van der Waals surface area contributed by atoms with E-state index >= 15 is 0 Å². The van der Waals surface area contributed by atoms with E-state index < -0.39 is 11.5 Å². The van der Waals surface area contributed by atoms with Crippen molar-refractivity contribution in [2.75, 3.05) is 41.0 Å². The van der Waals surface area contributed by atoms with Gasteiger partial charge in [-0.25, -0.2) is 15.4 Å². The third-order valence-electron chi connectivity index (χ3n) is 5.99. The van der Waals surface area contributed by atoms with E-state index in [1.165, 1.54) is 11.9 Å². The van der Waals surface area contributed by atoms with Crippen molar-refractivity contribution in [1.29, 1.82) is 0 Å². The van der Waals surface area contributed by atoms with E-state index in [9.17, 15) is 9.90 Å². The van der Waals surface area contributed by atoms with Gasteiger partial charge >= 0.3 is 0 Å². The summed E-state index contributed by atoms with van der Waals surface area (Å²) in [4.78, 5) is 21.9. The van der Waals surface area contributed by atoms with Crippen LogP contribution in [0.2, 0.25) is 0 Å². The van der Waals surface area contributed by atoms with Gasteiger partial charge in [-0.3, -0.25) is 9.80 Å². The summed E-state index contributed by atoms with van der Waals surface area (Å²) in [6, 6.07) is 9.93.